The monoisotopic (exact) mass is 211 g/mol. The lowest BCUT2D eigenvalue weighted by molar-refractivity contribution is 0.143. The second-order valence-corrected chi connectivity index (χ2v) is 4.90. The summed E-state index contributed by atoms with van der Waals surface area (Å²) >= 11 is 0. The Labute approximate surface area is 91.2 Å². The van der Waals surface area contributed by atoms with Gasteiger partial charge in [-0.1, -0.05) is 0 Å². The zero-order valence-electron chi connectivity index (χ0n) is 9.41. The number of hydrogen-bond donors (Lipinski definition) is 2. The van der Waals surface area contributed by atoms with Crippen molar-refractivity contribution < 1.29 is 4.79 Å². The quantitative estimate of drug-likeness (QED) is 0.681. The predicted molar refractivity (Wildman–Crippen MR) is 59.5 cm³/mol. The van der Waals surface area contributed by atoms with Crippen molar-refractivity contribution in [1.82, 2.24) is 10.2 Å². The summed E-state index contributed by atoms with van der Waals surface area (Å²) in [7, 11) is 0. The van der Waals surface area contributed by atoms with Crippen LogP contribution in [-0.2, 0) is 0 Å². The maximum absolute atomic E-state index is 11.9. The van der Waals surface area contributed by atoms with Gasteiger partial charge in [-0.15, -0.1) is 0 Å². The molecule has 0 spiro atoms. The van der Waals surface area contributed by atoms with Gasteiger partial charge in [-0.25, -0.2) is 4.79 Å². The van der Waals surface area contributed by atoms with Gasteiger partial charge < -0.3 is 16.0 Å². The molecule has 86 valence electrons. The van der Waals surface area contributed by atoms with Gasteiger partial charge in [0.15, 0.2) is 0 Å². The summed E-state index contributed by atoms with van der Waals surface area (Å²) in [5.74, 6) is 0. The first-order chi connectivity index (χ1) is 7.16. The summed E-state index contributed by atoms with van der Waals surface area (Å²) in [6.07, 6.45) is 5.41. The van der Waals surface area contributed by atoms with Gasteiger partial charge in [0.25, 0.3) is 0 Å². The molecule has 2 amide bonds. The first-order valence-electron chi connectivity index (χ1n) is 5.99. The van der Waals surface area contributed by atoms with Crippen LogP contribution >= 0.6 is 0 Å². The second kappa shape index (κ2) is 4.39. The fraction of sp³-hybridized carbons (Fsp3) is 0.909. The Kier molecular flexibility index (Phi) is 3.14. The van der Waals surface area contributed by atoms with Crippen LogP contribution in [0.1, 0.15) is 39.0 Å². The van der Waals surface area contributed by atoms with E-state index < -0.39 is 0 Å². The van der Waals surface area contributed by atoms with Crippen LogP contribution in [0.4, 0.5) is 4.79 Å². The van der Waals surface area contributed by atoms with Gasteiger partial charge in [-0.2, -0.15) is 0 Å². The molecule has 2 unspecified atom stereocenters. The van der Waals surface area contributed by atoms with Gasteiger partial charge in [0.2, 0.25) is 0 Å². The number of likely N-dealkylation sites (tertiary alicyclic amines) is 1. The minimum absolute atomic E-state index is 0.110. The molecule has 0 aromatic rings. The predicted octanol–water partition coefficient (Wildman–Crippen LogP) is 1.06. The van der Waals surface area contributed by atoms with E-state index in [0.717, 1.165) is 32.2 Å². The molecule has 3 N–H and O–H groups in total. The van der Waals surface area contributed by atoms with E-state index in [2.05, 4.69) is 12.2 Å². The Morgan fingerprint density at radius 2 is 2.13 bits per heavy atom. The third-order valence-corrected chi connectivity index (χ3v) is 3.61. The molecule has 1 heterocycles. The van der Waals surface area contributed by atoms with Crippen molar-refractivity contribution >= 4 is 6.03 Å². The first-order valence-corrected chi connectivity index (χ1v) is 5.99. The standard InChI is InChI=1S/C11H21N3O/c1-8-7-9(12)5-6-14(8)11(15)13-10-3-2-4-10/h8-10H,2-7,12H2,1H3,(H,13,15). The minimum atomic E-state index is 0.110. The van der Waals surface area contributed by atoms with E-state index in [1.165, 1.54) is 6.42 Å². The van der Waals surface area contributed by atoms with Crippen LogP contribution in [0, 0.1) is 0 Å². The Balaban J connectivity index is 1.83. The van der Waals surface area contributed by atoms with E-state index in [4.69, 9.17) is 5.73 Å². The Morgan fingerprint density at radius 3 is 2.67 bits per heavy atom. The molecule has 0 aromatic heterocycles. The molecule has 4 nitrogen and oxygen atoms in total. The molecule has 2 atom stereocenters. The maximum Gasteiger partial charge on any atom is 0.317 e. The normalized spacial score (nSPS) is 32.3. The van der Waals surface area contributed by atoms with E-state index in [1.54, 1.807) is 0 Å². The van der Waals surface area contributed by atoms with Gasteiger partial charge in [-0.3, -0.25) is 0 Å². The van der Waals surface area contributed by atoms with Crippen molar-refractivity contribution in [3.63, 3.8) is 0 Å². The highest BCUT2D eigenvalue weighted by molar-refractivity contribution is 5.75. The number of rotatable bonds is 1. The second-order valence-electron chi connectivity index (χ2n) is 4.90. The minimum Gasteiger partial charge on any atom is -0.335 e. The molecule has 4 heteroatoms. The number of urea groups is 1. The number of hydrogen-bond acceptors (Lipinski definition) is 2. The molecule has 1 aliphatic carbocycles. The van der Waals surface area contributed by atoms with Gasteiger partial charge >= 0.3 is 6.03 Å². The Bertz CT molecular complexity index is 240. The van der Waals surface area contributed by atoms with Crippen LogP contribution in [0.15, 0.2) is 0 Å². The molecule has 2 rings (SSSR count). The van der Waals surface area contributed by atoms with Crippen molar-refractivity contribution in [2.45, 2.75) is 57.2 Å². The summed E-state index contributed by atoms with van der Waals surface area (Å²) in [5, 5.41) is 3.08. The van der Waals surface area contributed by atoms with E-state index in [-0.39, 0.29) is 18.1 Å². The highest BCUT2D eigenvalue weighted by Crippen LogP contribution is 2.20. The van der Waals surface area contributed by atoms with Crippen LogP contribution in [-0.4, -0.2) is 35.6 Å². The topological polar surface area (TPSA) is 58.4 Å². The maximum atomic E-state index is 11.9. The van der Waals surface area contributed by atoms with Crippen LogP contribution in [0.2, 0.25) is 0 Å². The number of nitrogens with zero attached hydrogens (tertiary/aromatic N) is 1. The summed E-state index contributed by atoms with van der Waals surface area (Å²) in [6.45, 7) is 2.89. The van der Waals surface area contributed by atoms with Crippen LogP contribution in [0.5, 0.6) is 0 Å². The summed E-state index contributed by atoms with van der Waals surface area (Å²) in [5.41, 5.74) is 5.87. The van der Waals surface area contributed by atoms with Crippen molar-refractivity contribution in [2.24, 2.45) is 5.73 Å². The highest BCUT2D eigenvalue weighted by Gasteiger charge is 2.29. The number of carbonyl (C=O) groups is 1. The molecule has 1 aliphatic heterocycles. The molecule has 1 saturated carbocycles. The summed E-state index contributed by atoms with van der Waals surface area (Å²) in [4.78, 5) is 13.8. The smallest absolute Gasteiger partial charge is 0.317 e. The van der Waals surface area contributed by atoms with Crippen LogP contribution < -0.4 is 11.1 Å². The van der Waals surface area contributed by atoms with Crippen LogP contribution in [0.3, 0.4) is 0 Å². The highest BCUT2D eigenvalue weighted by atomic mass is 16.2. The van der Waals surface area contributed by atoms with Crippen LogP contribution in [0.25, 0.3) is 0 Å². The average Bonchev–Trinajstić information content (AvgIpc) is 2.11. The van der Waals surface area contributed by atoms with Crippen molar-refractivity contribution in [1.29, 1.82) is 0 Å². The SMILES string of the molecule is CC1CC(N)CCN1C(=O)NC1CCC1. The van der Waals surface area contributed by atoms with E-state index >= 15 is 0 Å². The Hall–Kier alpha value is -0.770. The summed E-state index contributed by atoms with van der Waals surface area (Å²) in [6, 6.07) is 1.10. The molecule has 0 radical (unpaired) electrons. The Morgan fingerprint density at radius 1 is 1.40 bits per heavy atom. The lowest BCUT2D eigenvalue weighted by Crippen LogP contribution is -2.54. The molecular formula is C11H21N3O. The third-order valence-electron chi connectivity index (χ3n) is 3.61. The molecular weight excluding hydrogens is 190 g/mol. The van der Waals surface area contributed by atoms with Gasteiger partial charge in [0.1, 0.15) is 0 Å². The number of piperidine rings is 1. The number of nitrogens with one attached hydrogen (secondary N) is 1. The zero-order valence-corrected chi connectivity index (χ0v) is 9.41. The van der Waals surface area contributed by atoms with E-state index in [1.807, 2.05) is 4.90 Å². The molecule has 1 saturated heterocycles. The first kappa shape index (κ1) is 10.7. The summed E-state index contributed by atoms with van der Waals surface area (Å²) < 4.78 is 0. The lowest BCUT2D eigenvalue weighted by Gasteiger charge is -2.38. The lowest BCUT2D eigenvalue weighted by atomic mass is 9.93. The molecule has 2 aliphatic rings. The number of carbonyl (C=O) groups excluding carboxylic acids is 1. The number of nitrogens with two attached hydrogens (primary N) is 1. The van der Waals surface area contributed by atoms with Gasteiger partial charge in [-0.05, 0) is 39.0 Å². The fourth-order valence-electron chi connectivity index (χ4n) is 2.32. The van der Waals surface area contributed by atoms with E-state index in [0.29, 0.717) is 6.04 Å². The molecule has 15 heavy (non-hydrogen) atoms. The van der Waals surface area contributed by atoms with Gasteiger partial charge in [0.05, 0.1) is 0 Å². The van der Waals surface area contributed by atoms with Crippen molar-refractivity contribution in [2.75, 3.05) is 6.54 Å². The molecule has 2 fully saturated rings. The van der Waals surface area contributed by atoms with Gasteiger partial charge in [0, 0.05) is 24.7 Å². The zero-order chi connectivity index (χ0) is 10.8. The van der Waals surface area contributed by atoms with E-state index in [9.17, 15) is 4.79 Å². The molecule has 0 aromatic carbocycles. The average molecular weight is 211 g/mol. The number of amides is 2. The van der Waals surface area contributed by atoms with Crippen molar-refractivity contribution in [3.8, 4) is 0 Å². The largest absolute Gasteiger partial charge is 0.335 e. The third kappa shape index (κ3) is 2.43. The molecule has 0 bridgehead atoms. The fourth-order valence-corrected chi connectivity index (χ4v) is 2.32. The van der Waals surface area contributed by atoms with Crippen molar-refractivity contribution in [3.05, 3.63) is 0 Å².